The van der Waals surface area contributed by atoms with Crippen molar-refractivity contribution in [3.05, 3.63) is 65.2 Å². The molecule has 3 aromatic rings. The van der Waals surface area contributed by atoms with Crippen LogP contribution in [0, 0.1) is 6.92 Å². The lowest BCUT2D eigenvalue weighted by Gasteiger charge is -2.21. The molecule has 0 spiro atoms. The minimum Gasteiger partial charge on any atom is -0.328 e. The molecule has 27 heavy (non-hydrogen) atoms. The van der Waals surface area contributed by atoms with Gasteiger partial charge in [0.15, 0.2) is 5.69 Å². The predicted octanol–water partition coefficient (Wildman–Crippen LogP) is 2.66. The Labute approximate surface area is 156 Å². The zero-order valence-electron chi connectivity index (χ0n) is 15.0. The fraction of sp³-hybridized carbons (Fsp3) is 0.316. The van der Waals surface area contributed by atoms with Crippen LogP contribution in [0.2, 0.25) is 0 Å². The van der Waals surface area contributed by atoms with Crippen LogP contribution in [-0.2, 0) is 6.54 Å². The van der Waals surface area contributed by atoms with Gasteiger partial charge in [0.05, 0.1) is 18.8 Å². The first-order valence-electron chi connectivity index (χ1n) is 8.94. The van der Waals surface area contributed by atoms with E-state index in [-0.39, 0.29) is 11.9 Å². The summed E-state index contributed by atoms with van der Waals surface area (Å²) in [6, 6.07) is 9.90. The average Bonchev–Trinajstić information content (AvgIpc) is 3.42. The fourth-order valence-corrected chi connectivity index (χ4v) is 3.33. The van der Waals surface area contributed by atoms with Crippen molar-refractivity contribution in [2.75, 3.05) is 6.54 Å². The molecular formula is C19H20N6O2. The normalized spacial score (nSPS) is 17.1. The topological polar surface area (TPSA) is 89.9 Å². The molecule has 1 fully saturated rings. The van der Waals surface area contributed by atoms with Gasteiger partial charge >= 0.3 is 0 Å². The number of carbonyl (C=O) groups is 1. The summed E-state index contributed by atoms with van der Waals surface area (Å²) >= 11 is 0. The van der Waals surface area contributed by atoms with Crippen LogP contribution >= 0.6 is 0 Å². The van der Waals surface area contributed by atoms with Crippen LogP contribution in [0.5, 0.6) is 0 Å². The Bertz CT molecular complexity index is 946. The molecule has 1 saturated heterocycles. The minimum absolute atomic E-state index is 0.119. The van der Waals surface area contributed by atoms with Gasteiger partial charge in [0.1, 0.15) is 11.4 Å². The first kappa shape index (κ1) is 17.1. The van der Waals surface area contributed by atoms with Crippen molar-refractivity contribution in [2.45, 2.75) is 32.4 Å². The maximum atomic E-state index is 12.9. The van der Waals surface area contributed by atoms with E-state index in [9.17, 15) is 4.79 Å². The third-order valence-electron chi connectivity index (χ3n) is 4.68. The Morgan fingerprint density at radius 1 is 1.30 bits per heavy atom. The molecule has 0 N–H and O–H groups in total. The second-order valence-corrected chi connectivity index (χ2v) is 6.53. The lowest BCUT2D eigenvalue weighted by atomic mass is 10.1. The molecular weight excluding hydrogens is 344 g/mol. The molecule has 0 aliphatic carbocycles. The second kappa shape index (κ2) is 7.53. The Kier molecular flexibility index (Phi) is 4.78. The molecule has 1 aliphatic heterocycles. The van der Waals surface area contributed by atoms with Crippen LogP contribution < -0.4 is 0 Å². The first-order valence-corrected chi connectivity index (χ1v) is 8.94. The number of hydrogen-bond donors (Lipinski definition) is 0. The number of likely N-dealkylation sites (tertiary alicyclic amines) is 1. The Hall–Kier alpha value is -3.29. The summed E-state index contributed by atoms with van der Waals surface area (Å²) in [6.45, 7) is 3.05. The van der Waals surface area contributed by atoms with Gasteiger partial charge in [-0.2, -0.15) is 0 Å². The monoisotopic (exact) mass is 364 g/mol. The van der Waals surface area contributed by atoms with Crippen molar-refractivity contribution in [3.63, 3.8) is 0 Å². The molecule has 138 valence electrons. The zero-order valence-corrected chi connectivity index (χ0v) is 15.0. The van der Waals surface area contributed by atoms with Crippen LogP contribution in [0.3, 0.4) is 0 Å². The van der Waals surface area contributed by atoms with Gasteiger partial charge in [0, 0.05) is 6.54 Å². The summed E-state index contributed by atoms with van der Waals surface area (Å²) in [7, 11) is 0. The van der Waals surface area contributed by atoms with Gasteiger partial charge in [-0.1, -0.05) is 58.0 Å². The first-order chi connectivity index (χ1) is 13.2. The van der Waals surface area contributed by atoms with Crippen molar-refractivity contribution in [1.29, 1.82) is 0 Å². The van der Waals surface area contributed by atoms with Crippen LogP contribution in [0.1, 0.15) is 46.3 Å². The quantitative estimate of drug-likeness (QED) is 0.691. The number of rotatable bonds is 5. The van der Waals surface area contributed by atoms with Crippen molar-refractivity contribution >= 4 is 12.0 Å². The van der Waals surface area contributed by atoms with E-state index in [0.29, 0.717) is 18.8 Å². The maximum Gasteiger partial charge on any atom is 0.276 e. The zero-order chi connectivity index (χ0) is 18.6. The summed E-state index contributed by atoms with van der Waals surface area (Å²) in [5.74, 6) is -0.141. The number of aryl methyl sites for hydroxylation is 1. The van der Waals surface area contributed by atoms with Gasteiger partial charge in [0.25, 0.3) is 5.91 Å². The molecule has 0 bridgehead atoms. The molecule has 8 heteroatoms. The van der Waals surface area contributed by atoms with E-state index in [4.69, 9.17) is 4.63 Å². The fourth-order valence-electron chi connectivity index (χ4n) is 3.33. The van der Waals surface area contributed by atoms with E-state index >= 15 is 0 Å². The third-order valence-corrected chi connectivity index (χ3v) is 4.68. The SMILES string of the molecule is Cc1nonc1[C@H]1CCCN1C(=O)c1cn(C/C=C/c2ccccc2)nn1. The van der Waals surface area contributed by atoms with Crippen molar-refractivity contribution in [3.8, 4) is 0 Å². The van der Waals surface area contributed by atoms with Gasteiger partial charge in [-0.3, -0.25) is 4.79 Å². The minimum atomic E-state index is -0.141. The summed E-state index contributed by atoms with van der Waals surface area (Å²) in [6.07, 6.45) is 7.44. The number of hydrogen-bond acceptors (Lipinski definition) is 6. The predicted molar refractivity (Wildman–Crippen MR) is 97.5 cm³/mol. The smallest absolute Gasteiger partial charge is 0.276 e. The van der Waals surface area contributed by atoms with Crippen LogP contribution in [0.4, 0.5) is 0 Å². The highest BCUT2D eigenvalue weighted by molar-refractivity contribution is 5.92. The van der Waals surface area contributed by atoms with Crippen LogP contribution in [-0.4, -0.2) is 42.7 Å². The van der Waals surface area contributed by atoms with E-state index in [1.165, 1.54) is 0 Å². The third kappa shape index (κ3) is 3.64. The molecule has 1 aliphatic rings. The van der Waals surface area contributed by atoms with Crippen molar-refractivity contribution < 1.29 is 9.42 Å². The van der Waals surface area contributed by atoms with Crippen LogP contribution in [0.25, 0.3) is 6.08 Å². The molecule has 1 aromatic carbocycles. The highest BCUT2D eigenvalue weighted by Crippen LogP contribution is 2.32. The average molecular weight is 364 g/mol. The van der Waals surface area contributed by atoms with Crippen molar-refractivity contribution in [1.82, 2.24) is 30.2 Å². The highest BCUT2D eigenvalue weighted by atomic mass is 16.6. The largest absolute Gasteiger partial charge is 0.328 e. The summed E-state index contributed by atoms with van der Waals surface area (Å²) < 4.78 is 6.45. The van der Waals surface area contributed by atoms with E-state index in [2.05, 4.69) is 20.6 Å². The maximum absolute atomic E-state index is 12.9. The Morgan fingerprint density at radius 2 is 2.15 bits per heavy atom. The molecule has 8 nitrogen and oxygen atoms in total. The highest BCUT2D eigenvalue weighted by Gasteiger charge is 2.35. The van der Waals surface area contributed by atoms with Gasteiger partial charge in [-0.15, -0.1) is 5.10 Å². The van der Waals surface area contributed by atoms with E-state index in [1.807, 2.05) is 49.4 Å². The Balaban J connectivity index is 1.44. The molecule has 1 atom stereocenters. The standard InChI is InChI=1S/C19H20N6O2/c1-14-18(22-27-21-14)17-10-6-12-25(17)19(26)16-13-24(23-20-16)11-5-9-15-7-3-2-4-8-15/h2-5,7-9,13,17H,6,10-12H2,1H3/b9-5+/t17-/m1/s1. The summed E-state index contributed by atoms with van der Waals surface area (Å²) in [5, 5.41) is 15.9. The molecule has 0 unspecified atom stereocenters. The van der Waals surface area contributed by atoms with Gasteiger partial charge < -0.3 is 4.90 Å². The number of amides is 1. The summed E-state index contributed by atoms with van der Waals surface area (Å²) in [4.78, 5) is 14.7. The number of aromatic nitrogens is 5. The van der Waals surface area contributed by atoms with Gasteiger partial charge in [0.2, 0.25) is 0 Å². The molecule has 4 rings (SSSR count). The molecule has 0 radical (unpaired) electrons. The number of carbonyl (C=O) groups excluding carboxylic acids is 1. The lowest BCUT2D eigenvalue weighted by Crippen LogP contribution is -2.31. The molecule has 0 saturated carbocycles. The van der Waals surface area contributed by atoms with E-state index < -0.39 is 0 Å². The number of benzene rings is 1. The van der Waals surface area contributed by atoms with E-state index in [1.54, 1.807) is 15.8 Å². The van der Waals surface area contributed by atoms with Gasteiger partial charge in [-0.05, 0) is 25.3 Å². The Morgan fingerprint density at radius 3 is 2.93 bits per heavy atom. The number of allylic oxidation sites excluding steroid dienone is 1. The van der Waals surface area contributed by atoms with Crippen LogP contribution in [0.15, 0.2) is 47.2 Å². The van der Waals surface area contributed by atoms with Crippen molar-refractivity contribution in [2.24, 2.45) is 0 Å². The molecule has 2 aromatic heterocycles. The summed E-state index contributed by atoms with van der Waals surface area (Å²) in [5.41, 5.74) is 2.89. The number of nitrogens with zero attached hydrogens (tertiary/aromatic N) is 6. The van der Waals surface area contributed by atoms with Gasteiger partial charge in [-0.25, -0.2) is 9.31 Å². The molecule has 1 amide bonds. The lowest BCUT2D eigenvalue weighted by molar-refractivity contribution is 0.0724. The van der Waals surface area contributed by atoms with E-state index in [0.717, 1.165) is 29.8 Å². The second-order valence-electron chi connectivity index (χ2n) is 6.53. The molecule has 3 heterocycles.